The zero-order valence-electron chi connectivity index (χ0n) is 10.4. The quantitative estimate of drug-likeness (QED) is 0.759. The molecule has 0 aliphatic carbocycles. The van der Waals surface area contributed by atoms with Crippen LogP contribution < -0.4 is 5.32 Å². The van der Waals surface area contributed by atoms with Crippen molar-refractivity contribution in [3.05, 3.63) is 56.7 Å². The molecule has 3 nitrogen and oxygen atoms in total. The van der Waals surface area contributed by atoms with Crippen molar-refractivity contribution in [3.63, 3.8) is 0 Å². The molecule has 2 aromatic heterocycles. The maximum absolute atomic E-state index is 9.25. The number of hydrogen-bond acceptors (Lipinski definition) is 4. The van der Waals surface area contributed by atoms with Crippen LogP contribution in [0.1, 0.15) is 10.4 Å². The van der Waals surface area contributed by atoms with Gasteiger partial charge in [-0.15, -0.1) is 11.3 Å². The first-order valence-electron chi connectivity index (χ1n) is 6.03. The van der Waals surface area contributed by atoms with Crippen LogP contribution in [0.25, 0.3) is 10.9 Å². The van der Waals surface area contributed by atoms with Gasteiger partial charge < -0.3 is 5.32 Å². The Hall–Kier alpha value is -1.90. The summed E-state index contributed by atoms with van der Waals surface area (Å²) in [5.74, 6) is 0.631. The Morgan fingerprint density at radius 2 is 2.15 bits per heavy atom. The Kier molecular flexibility index (Phi) is 3.68. The number of benzene rings is 1. The molecule has 0 spiro atoms. The molecule has 0 saturated heterocycles. The van der Waals surface area contributed by atoms with Crippen molar-refractivity contribution in [2.45, 2.75) is 6.54 Å². The fraction of sp³-hybridized carbons (Fsp3) is 0.0667. The Bertz CT molecular complexity index is 804. The Labute approximate surface area is 129 Å². The number of nitrogens with one attached hydrogen (secondary N) is 1. The molecule has 0 fully saturated rings. The zero-order chi connectivity index (χ0) is 13.9. The minimum absolute atomic E-state index is 0.566. The lowest BCUT2D eigenvalue weighted by Crippen LogP contribution is -2.03. The smallest absolute Gasteiger partial charge is 0.144 e. The number of anilines is 1. The summed E-state index contributed by atoms with van der Waals surface area (Å²) in [7, 11) is 0. The van der Waals surface area contributed by atoms with E-state index in [-0.39, 0.29) is 0 Å². The highest BCUT2D eigenvalue weighted by molar-refractivity contribution is 9.10. The van der Waals surface area contributed by atoms with E-state index in [1.165, 1.54) is 4.88 Å². The van der Waals surface area contributed by atoms with Gasteiger partial charge in [0.05, 0.1) is 17.6 Å². The van der Waals surface area contributed by atoms with Crippen molar-refractivity contribution in [3.8, 4) is 6.07 Å². The van der Waals surface area contributed by atoms with Crippen LogP contribution in [0.5, 0.6) is 0 Å². The second kappa shape index (κ2) is 5.61. The van der Waals surface area contributed by atoms with Crippen LogP contribution in [0, 0.1) is 11.3 Å². The average molecular weight is 344 g/mol. The van der Waals surface area contributed by atoms with Crippen molar-refractivity contribution in [1.29, 1.82) is 5.26 Å². The van der Waals surface area contributed by atoms with Crippen LogP contribution >= 0.6 is 27.3 Å². The third kappa shape index (κ3) is 2.53. The first-order chi connectivity index (χ1) is 9.78. The summed E-state index contributed by atoms with van der Waals surface area (Å²) in [6.07, 6.45) is 0. The molecule has 98 valence electrons. The summed E-state index contributed by atoms with van der Waals surface area (Å²) in [6.45, 7) is 0.651. The van der Waals surface area contributed by atoms with Gasteiger partial charge in [0, 0.05) is 14.7 Å². The van der Waals surface area contributed by atoms with Gasteiger partial charge in [0.1, 0.15) is 11.9 Å². The molecule has 1 N–H and O–H groups in total. The number of aromatic nitrogens is 1. The van der Waals surface area contributed by atoms with E-state index >= 15 is 0 Å². The number of rotatable bonds is 3. The highest BCUT2D eigenvalue weighted by atomic mass is 79.9. The summed E-state index contributed by atoms with van der Waals surface area (Å²) >= 11 is 5.17. The van der Waals surface area contributed by atoms with E-state index in [9.17, 15) is 5.26 Å². The number of nitrogens with zero attached hydrogens (tertiary/aromatic N) is 2. The fourth-order valence-electron chi connectivity index (χ4n) is 1.95. The van der Waals surface area contributed by atoms with E-state index in [2.05, 4.69) is 32.3 Å². The summed E-state index contributed by atoms with van der Waals surface area (Å²) in [5, 5.41) is 15.5. The maximum Gasteiger partial charge on any atom is 0.144 e. The Balaban J connectivity index is 1.94. The van der Waals surface area contributed by atoms with Gasteiger partial charge in [0.2, 0.25) is 0 Å². The number of para-hydroxylation sites is 1. The molecule has 0 bridgehead atoms. The van der Waals surface area contributed by atoms with E-state index < -0.39 is 0 Å². The highest BCUT2D eigenvalue weighted by Gasteiger charge is 2.07. The number of halogens is 1. The minimum Gasteiger partial charge on any atom is -0.364 e. The standard InChI is InChI=1S/C15H10BrN3S/c16-12-5-6-20-14(12)9-18-15-11(8-17)7-10-3-1-2-4-13(10)19-15/h1-7H,9H2,(H,18,19). The number of pyridine rings is 1. The summed E-state index contributed by atoms with van der Waals surface area (Å²) in [5.41, 5.74) is 1.45. The first-order valence-corrected chi connectivity index (χ1v) is 7.71. The molecule has 1 aromatic carbocycles. The zero-order valence-corrected chi connectivity index (χ0v) is 12.8. The van der Waals surface area contributed by atoms with Crippen LogP contribution in [0.15, 0.2) is 46.3 Å². The van der Waals surface area contributed by atoms with Crippen LogP contribution in [0.2, 0.25) is 0 Å². The molecule has 3 rings (SSSR count). The van der Waals surface area contributed by atoms with Crippen molar-refractivity contribution >= 4 is 44.0 Å². The number of fused-ring (bicyclic) bond motifs is 1. The van der Waals surface area contributed by atoms with E-state index in [1.807, 2.05) is 41.8 Å². The van der Waals surface area contributed by atoms with Gasteiger partial charge >= 0.3 is 0 Å². The lowest BCUT2D eigenvalue weighted by molar-refractivity contribution is 1.14. The number of thiophene rings is 1. The summed E-state index contributed by atoms with van der Waals surface area (Å²) in [4.78, 5) is 5.71. The van der Waals surface area contributed by atoms with Gasteiger partial charge in [0.25, 0.3) is 0 Å². The monoisotopic (exact) mass is 343 g/mol. The third-order valence-electron chi connectivity index (χ3n) is 2.95. The molecule has 0 atom stereocenters. The van der Waals surface area contributed by atoms with Crippen LogP contribution in [-0.4, -0.2) is 4.98 Å². The molecule has 0 saturated carbocycles. The molecular weight excluding hydrogens is 334 g/mol. The molecule has 0 unspecified atom stereocenters. The van der Waals surface area contributed by atoms with Crippen LogP contribution in [0.3, 0.4) is 0 Å². The lowest BCUT2D eigenvalue weighted by Gasteiger charge is -2.08. The van der Waals surface area contributed by atoms with Crippen LogP contribution in [0.4, 0.5) is 5.82 Å². The Morgan fingerprint density at radius 1 is 1.30 bits per heavy atom. The highest BCUT2D eigenvalue weighted by Crippen LogP contribution is 2.25. The first kappa shape index (κ1) is 13.1. The SMILES string of the molecule is N#Cc1cc2ccccc2nc1NCc1sccc1Br. The molecule has 20 heavy (non-hydrogen) atoms. The number of hydrogen-bond donors (Lipinski definition) is 1. The largest absolute Gasteiger partial charge is 0.364 e. The number of nitriles is 1. The van der Waals surface area contributed by atoms with Crippen molar-refractivity contribution < 1.29 is 0 Å². The average Bonchev–Trinajstić information content (AvgIpc) is 2.89. The van der Waals surface area contributed by atoms with Crippen molar-refractivity contribution in [1.82, 2.24) is 4.98 Å². The normalized spacial score (nSPS) is 10.4. The van der Waals surface area contributed by atoms with Crippen LogP contribution in [-0.2, 0) is 6.54 Å². The van der Waals surface area contributed by atoms with E-state index in [1.54, 1.807) is 11.3 Å². The van der Waals surface area contributed by atoms with Gasteiger partial charge in [-0.25, -0.2) is 4.98 Å². The molecule has 0 aliphatic heterocycles. The predicted octanol–water partition coefficient (Wildman–Crippen LogP) is 4.54. The lowest BCUT2D eigenvalue weighted by atomic mass is 10.1. The molecule has 3 aromatic rings. The molecule has 5 heteroatoms. The van der Waals surface area contributed by atoms with E-state index in [4.69, 9.17) is 0 Å². The van der Waals surface area contributed by atoms with Gasteiger partial charge in [-0.05, 0) is 39.5 Å². The topological polar surface area (TPSA) is 48.7 Å². The molecular formula is C15H10BrN3S. The van der Waals surface area contributed by atoms with Crippen molar-refractivity contribution in [2.75, 3.05) is 5.32 Å². The second-order valence-corrected chi connectivity index (χ2v) is 6.09. The summed E-state index contributed by atoms with van der Waals surface area (Å²) < 4.78 is 1.08. The van der Waals surface area contributed by atoms with Gasteiger partial charge in [0.15, 0.2) is 0 Å². The molecule has 2 heterocycles. The summed E-state index contributed by atoms with van der Waals surface area (Å²) in [6, 6.07) is 13.9. The van der Waals surface area contributed by atoms with Crippen molar-refractivity contribution in [2.24, 2.45) is 0 Å². The van der Waals surface area contributed by atoms with Gasteiger partial charge in [-0.3, -0.25) is 0 Å². The van der Waals surface area contributed by atoms with Gasteiger partial charge in [-0.2, -0.15) is 5.26 Å². The second-order valence-electron chi connectivity index (χ2n) is 4.23. The minimum atomic E-state index is 0.566. The fourth-order valence-corrected chi connectivity index (χ4v) is 3.38. The van der Waals surface area contributed by atoms with E-state index in [0.717, 1.165) is 15.4 Å². The Morgan fingerprint density at radius 3 is 2.90 bits per heavy atom. The predicted molar refractivity (Wildman–Crippen MR) is 85.8 cm³/mol. The molecule has 0 aliphatic rings. The maximum atomic E-state index is 9.25. The third-order valence-corrected chi connectivity index (χ3v) is 4.88. The molecule has 0 amide bonds. The van der Waals surface area contributed by atoms with Gasteiger partial charge in [-0.1, -0.05) is 18.2 Å². The molecule has 0 radical (unpaired) electrons. The van der Waals surface area contributed by atoms with E-state index in [0.29, 0.717) is 17.9 Å².